The molecule has 2 aromatic rings. The maximum Gasteiger partial charge on any atom is 0.222 e. The molecule has 0 atom stereocenters. The Hall–Kier alpha value is -2.03. The standard InChI is InChI=1S/C24H36N2O/c1-4-6-8-9-15-24(27)26(16-7-5-2)20-23-14-11-17-25(23)19-22-13-10-12-21(3)18-22/h10-14,17-18H,4-9,15-16,19-20H2,1-3H3. The van der Waals surface area contributed by atoms with Crippen LogP contribution in [0.5, 0.6) is 0 Å². The molecule has 0 aliphatic heterocycles. The fraction of sp³-hybridized carbons (Fsp3) is 0.542. The predicted molar refractivity (Wildman–Crippen MR) is 114 cm³/mol. The minimum Gasteiger partial charge on any atom is -0.345 e. The number of carbonyl (C=O) groups is 1. The topological polar surface area (TPSA) is 25.2 Å². The van der Waals surface area contributed by atoms with Gasteiger partial charge in [-0.05, 0) is 37.5 Å². The summed E-state index contributed by atoms with van der Waals surface area (Å²) in [5.74, 6) is 0.308. The molecule has 0 spiro atoms. The lowest BCUT2D eigenvalue weighted by molar-refractivity contribution is -0.132. The second kappa shape index (κ2) is 11.6. The van der Waals surface area contributed by atoms with E-state index < -0.39 is 0 Å². The molecule has 0 aliphatic rings. The number of hydrogen-bond donors (Lipinski definition) is 0. The minimum absolute atomic E-state index is 0.308. The predicted octanol–water partition coefficient (Wildman–Crippen LogP) is 5.94. The summed E-state index contributed by atoms with van der Waals surface area (Å²) in [5, 5.41) is 0. The van der Waals surface area contributed by atoms with E-state index in [0.717, 1.165) is 38.8 Å². The van der Waals surface area contributed by atoms with Crippen molar-refractivity contribution in [1.29, 1.82) is 0 Å². The molecule has 1 aromatic carbocycles. The van der Waals surface area contributed by atoms with Crippen molar-refractivity contribution in [3.8, 4) is 0 Å². The van der Waals surface area contributed by atoms with Gasteiger partial charge in [0.15, 0.2) is 0 Å². The number of rotatable bonds is 12. The zero-order valence-corrected chi connectivity index (χ0v) is 17.4. The SMILES string of the molecule is CCCCCCC(=O)N(CCCC)Cc1cccn1Cc1cccc(C)c1. The Morgan fingerprint density at radius 2 is 1.81 bits per heavy atom. The van der Waals surface area contributed by atoms with Gasteiger partial charge in [0, 0.05) is 31.4 Å². The summed E-state index contributed by atoms with van der Waals surface area (Å²) in [6.45, 7) is 8.95. The number of amides is 1. The van der Waals surface area contributed by atoms with Crippen LogP contribution in [-0.4, -0.2) is 21.9 Å². The molecule has 3 nitrogen and oxygen atoms in total. The van der Waals surface area contributed by atoms with Crippen LogP contribution in [0.3, 0.4) is 0 Å². The van der Waals surface area contributed by atoms with Crippen molar-refractivity contribution in [2.75, 3.05) is 6.54 Å². The molecule has 0 radical (unpaired) electrons. The number of aromatic nitrogens is 1. The van der Waals surface area contributed by atoms with Gasteiger partial charge in [-0.1, -0.05) is 69.4 Å². The third-order valence-electron chi connectivity index (χ3n) is 5.09. The van der Waals surface area contributed by atoms with Gasteiger partial charge >= 0.3 is 0 Å². The average molecular weight is 369 g/mol. The molecule has 1 amide bonds. The molecule has 148 valence electrons. The first kappa shape index (κ1) is 21.3. The highest BCUT2D eigenvalue weighted by Crippen LogP contribution is 2.14. The van der Waals surface area contributed by atoms with E-state index in [2.05, 4.69) is 72.8 Å². The first-order chi connectivity index (χ1) is 13.1. The fourth-order valence-corrected chi connectivity index (χ4v) is 3.45. The lowest BCUT2D eigenvalue weighted by atomic mass is 10.1. The number of hydrogen-bond acceptors (Lipinski definition) is 1. The van der Waals surface area contributed by atoms with Crippen LogP contribution in [0.15, 0.2) is 42.6 Å². The Bertz CT molecular complexity index is 689. The number of unbranched alkanes of at least 4 members (excludes halogenated alkanes) is 4. The van der Waals surface area contributed by atoms with E-state index in [1.165, 1.54) is 29.7 Å². The molecule has 0 unspecified atom stereocenters. The molecule has 2 rings (SSSR count). The summed E-state index contributed by atoms with van der Waals surface area (Å²) in [7, 11) is 0. The second-order valence-electron chi connectivity index (χ2n) is 7.60. The molecule has 0 N–H and O–H groups in total. The number of nitrogens with zero attached hydrogens (tertiary/aromatic N) is 2. The van der Waals surface area contributed by atoms with Gasteiger partial charge in [-0.15, -0.1) is 0 Å². The molecule has 0 fully saturated rings. The molecule has 27 heavy (non-hydrogen) atoms. The van der Waals surface area contributed by atoms with Crippen molar-refractivity contribution in [1.82, 2.24) is 9.47 Å². The van der Waals surface area contributed by atoms with Crippen LogP contribution in [0.25, 0.3) is 0 Å². The maximum atomic E-state index is 12.8. The second-order valence-corrected chi connectivity index (χ2v) is 7.60. The molecule has 0 aliphatic carbocycles. The van der Waals surface area contributed by atoms with Gasteiger partial charge in [0.25, 0.3) is 0 Å². The first-order valence-electron chi connectivity index (χ1n) is 10.6. The van der Waals surface area contributed by atoms with Crippen LogP contribution in [-0.2, 0) is 17.9 Å². The molecule has 0 saturated carbocycles. The van der Waals surface area contributed by atoms with E-state index in [-0.39, 0.29) is 0 Å². The summed E-state index contributed by atoms with van der Waals surface area (Å²) in [4.78, 5) is 14.8. The lowest BCUT2D eigenvalue weighted by Gasteiger charge is -2.24. The van der Waals surface area contributed by atoms with E-state index in [1.807, 2.05) is 0 Å². The highest BCUT2D eigenvalue weighted by Gasteiger charge is 2.15. The summed E-state index contributed by atoms with van der Waals surface area (Å²) in [5.41, 5.74) is 3.81. The van der Waals surface area contributed by atoms with Gasteiger partial charge in [-0.2, -0.15) is 0 Å². The number of carbonyl (C=O) groups excluding carboxylic acids is 1. The molecular weight excluding hydrogens is 332 g/mol. The highest BCUT2D eigenvalue weighted by atomic mass is 16.2. The zero-order chi connectivity index (χ0) is 19.5. The van der Waals surface area contributed by atoms with E-state index in [0.29, 0.717) is 18.9 Å². The normalized spacial score (nSPS) is 10.9. The quantitative estimate of drug-likeness (QED) is 0.425. The average Bonchev–Trinajstić information content (AvgIpc) is 3.08. The van der Waals surface area contributed by atoms with Crippen LogP contribution < -0.4 is 0 Å². The first-order valence-corrected chi connectivity index (χ1v) is 10.6. The Morgan fingerprint density at radius 3 is 2.56 bits per heavy atom. The smallest absolute Gasteiger partial charge is 0.222 e. The Labute approximate surface area is 165 Å². The van der Waals surface area contributed by atoms with E-state index in [9.17, 15) is 4.79 Å². The van der Waals surface area contributed by atoms with E-state index >= 15 is 0 Å². The summed E-state index contributed by atoms with van der Waals surface area (Å²) < 4.78 is 2.28. The monoisotopic (exact) mass is 368 g/mol. The number of aryl methyl sites for hydroxylation is 1. The van der Waals surface area contributed by atoms with Gasteiger partial charge in [-0.25, -0.2) is 0 Å². The van der Waals surface area contributed by atoms with Crippen molar-refractivity contribution >= 4 is 5.91 Å². The molecule has 0 saturated heterocycles. The number of benzene rings is 1. The van der Waals surface area contributed by atoms with Crippen LogP contribution >= 0.6 is 0 Å². The maximum absolute atomic E-state index is 12.8. The van der Waals surface area contributed by atoms with Crippen LogP contribution in [0.4, 0.5) is 0 Å². The largest absolute Gasteiger partial charge is 0.345 e. The van der Waals surface area contributed by atoms with Crippen molar-refractivity contribution in [2.45, 2.75) is 78.8 Å². The van der Waals surface area contributed by atoms with Crippen molar-refractivity contribution in [2.24, 2.45) is 0 Å². The minimum atomic E-state index is 0.308. The van der Waals surface area contributed by atoms with E-state index in [1.54, 1.807) is 0 Å². The fourth-order valence-electron chi connectivity index (χ4n) is 3.45. The Balaban J connectivity index is 2.02. The molecule has 3 heteroatoms. The van der Waals surface area contributed by atoms with Crippen molar-refractivity contribution < 1.29 is 4.79 Å². The summed E-state index contributed by atoms with van der Waals surface area (Å²) >= 11 is 0. The molecular formula is C24H36N2O. The van der Waals surface area contributed by atoms with Gasteiger partial charge < -0.3 is 9.47 Å². The lowest BCUT2D eigenvalue weighted by Crippen LogP contribution is -2.32. The highest BCUT2D eigenvalue weighted by molar-refractivity contribution is 5.76. The van der Waals surface area contributed by atoms with Crippen LogP contribution in [0.2, 0.25) is 0 Å². The Kier molecular flexibility index (Phi) is 9.17. The molecule has 1 aromatic heterocycles. The zero-order valence-electron chi connectivity index (χ0n) is 17.4. The van der Waals surface area contributed by atoms with Gasteiger partial charge in [0.2, 0.25) is 5.91 Å². The summed E-state index contributed by atoms with van der Waals surface area (Å²) in [6, 6.07) is 12.9. The summed E-state index contributed by atoms with van der Waals surface area (Å²) in [6.07, 6.45) is 9.60. The van der Waals surface area contributed by atoms with Crippen molar-refractivity contribution in [3.63, 3.8) is 0 Å². The van der Waals surface area contributed by atoms with Gasteiger partial charge in [-0.3, -0.25) is 4.79 Å². The van der Waals surface area contributed by atoms with E-state index in [4.69, 9.17) is 0 Å². The van der Waals surface area contributed by atoms with Crippen LogP contribution in [0.1, 0.15) is 75.6 Å². The third-order valence-corrected chi connectivity index (χ3v) is 5.09. The molecule has 0 bridgehead atoms. The Morgan fingerprint density at radius 1 is 1.00 bits per heavy atom. The van der Waals surface area contributed by atoms with Gasteiger partial charge in [0.05, 0.1) is 6.54 Å². The van der Waals surface area contributed by atoms with Crippen molar-refractivity contribution in [3.05, 3.63) is 59.4 Å². The van der Waals surface area contributed by atoms with Gasteiger partial charge in [0.1, 0.15) is 0 Å². The van der Waals surface area contributed by atoms with Crippen LogP contribution in [0, 0.1) is 6.92 Å². The third kappa shape index (κ3) is 7.24. The molecule has 1 heterocycles.